The van der Waals surface area contributed by atoms with Crippen LogP contribution in [0, 0.1) is 6.92 Å². The van der Waals surface area contributed by atoms with Crippen LogP contribution in [0.1, 0.15) is 5.56 Å². The molecule has 21 heavy (non-hydrogen) atoms. The summed E-state index contributed by atoms with van der Waals surface area (Å²) in [4.78, 5) is 11.9. The van der Waals surface area contributed by atoms with Gasteiger partial charge in [-0.05, 0) is 36.8 Å². The van der Waals surface area contributed by atoms with E-state index in [-0.39, 0.29) is 12.5 Å². The zero-order valence-corrected chi connectivity index (χ0v) is 12.7. The lowest BCUT2D eigenvalue weighted by molar-refractivity contribution is -0.114. The van der Waals surface area contributed by atoms with E-state index in [2.05, 4.69) is 10.6 Å². The van der Waals surface area contributed by atoms with E-state index in [1.54, 1.807) is 25.3 Å². The van der Waals surface area contributed by atoms with Crippen LogP contribution in [0.5, 0.6) is 5.75 Å². The Morgan fingerprint density at radius 3 is 2.71 bits per heavy atom. The van der Waals surface area contributed by atoms with E-state index in [4.69, 9.17) is 16.3 Å². The molecule has 0 aliphatic carbocycles. The smallest absolute Gasteiger partial charge is 0.243 e. The minimum atomic E-state index is -0.116. The first-order valence-corrected chi connectivity index (χ1v) is 6.90. The molecular weight excluding hydrogens is 288 g/mol. The topological polar surface area (TPSA) is 50.4 Å². The number of halogens is 1. The lowest BCUT2D eigenvalue weighted by atomic mass is 10.2. The second kappa shape index (κ2) is 6.99. The molecule has 0 heterocycles. The highest BCUT2D eigenvalue weighted by Crippen LogP contribution is 2.27. The Labute approximate surface area is 129 Å². The highest BCUT2D eigenvalue weighted by atomic mass is 35.5. The van der Waals surface area contributed by atoms with Crippen molar-refractivity contribution in [2.24, 2.45) is 0 Å². The van der Waals surface area contributed by atoms with Crippen molar-refractivity contribution < 1.29 is 9.53 Å². The number of hydrogen-bond donors (Lipinski definition) is 2. The Morgan fingerprint density at radius 2 is 2.00 bits per heavy atom. The molecule has 1 amide bonds. The highest BCUT2D eigenvalue weighted by Gasteiger charge is 2.05. The maximum Gasteiger partial charge on any atom is 0.243 e. The first-order valence-electron chi connectivity index (χ1n) is 6.52. The molecule has 0 aliphatic rings. The molecule has 2 aromatic rings. The zero-order chi connectivity index (χ0) is 15.2. The Balaban J connectivity index is 1.92. The first-order chi connectivity index (χ1) is 10.1. The van der Waals surface area contributed by atoms with Crippen molar-refractivity contribution in [2.75, 3.05) is 24.3 Å². The lowest BCUT2D eigenvalue weighted by Gasteiger charge is -2.10. The van der Waals surface area contributed by atoms with Gasteiger partial charge in [0.2, 0.25) is 5.91 Å². The molecule has 0 radical (unpaired) electrons. The maximum atomic E-state index is 11.9. The summed E-state index contributed by atoms with van der Waals surface area (Å²) >= 11 is 5.95. The monoisotopic (exact) mass is 304 g/mol. The number of nitrogens with one attached hydrogen (secondary N) is 2. The van der Waals surface area contributed by atoms with Gasteiger partial charge in [0.25, 0.3) is 0 Å². The summed E-state index contributed by atoms with van der Waals surface area (Å²) in [5, 5.41) is 6.40. The van der Waals surface area contributed by atoms with Crippen molar-refractivity contribution in [3.05, 3.63) is 53.1 Å². The fraction of sp³-hybridized carbons (Fsp3) is 0.188. The number of methoxy groups -OCH3 is 1. The maximum absolute atomic E-state index is 11.9. The molecule has 0 atom stereocenters. The molecule has 110 valence electrons. The Morgan fingerprint density at radius 1 is 1.19 bits per heavy atom. The van der Waals surface area contributed by atoms with Crippen LogP contribution in [0.15, 0.2) is 42.5 Å². The van der Waals surface area contributed by atoms with Gasteiger partial charge in [-0.2, -0.15) is 0 Å². The second-order valence-electron chi connectivity index (χ2n) is 4.62. The number of amides is 1. The van der Waals surface area contributed by atoms with Gasteiger partial charge in [-0.25, -0.2) is 0 Å². The van der Waals surface area contributed by atoms with Gasteiger partial charge in [0.05, 0.1) is 18.7 Å². The molecule has 0 aromatic heterocycles. The van der Waals surface area contributed by atoms with Crippen LogP contribution >= 0.6 is 11.6 Å². The Bertz CT molecular complexity index is 644. The van der Waals surface area contributed by atoms with Crippen molar-refractivity contribution in [1.29, 1.82) is 0 Å². The number of aryl methyl sites for hydroxylation is 1. The zero-order valence-electron chi connectivity index (χ0n) is 11.9. The van der Waals surface area contributed by atoms with Crippen molar-refractivity contribution in [3.8, 4) is 5.75 Å². The molecule has 0 saturated heterocycles. The number of benzene rings is 2. The van der Waals surface area contributed by atoms with Crippen LogP contribution in [0.25, 0.3) is 0 Å². The van der Waals surface area contributed by atoms with Gasteiger partial charge in [-0.15, -0.1) is 0 Å². The molecule has 0 fully saturated rings. The third-order valence-corrected chi connectivity index (χ3v) is 3.22. The standard InChI is InChI=1S/C16H17ClN2O2/c1-11-4-3-5-13(8-11)19-16(20)10-18-12-6-7-14(17)15(9-12)21-2/h3-9,18H,10H2,1-2H3,(H,19,20). The van der Waals surface area contributed by atoms with Gasteiger partial charge in [0.15, 0.2) is 0 Å². The van der Waals surface area contributed by atoms with Gasteiger partial charge in [0, 0.05) is 17.4 Å². The predicted molar refractivity (Wildman–Crippen MR) is 86.3 cm³/mol. The van der Waals surface area contributed by atoms with E-state index in [1.807, 2.05) is 31.2 Å². The van der Waals surface area contributed by atoms with E-state index in [1.165, 1.54) is 0 Å². The number of hydrogen-bond acceptors (Lipinski definition) is 3. The molecular formula is C16H17ClN2O2. The quantitative estimate of drug-likeness (QED) is 0.885. The molecule has 2 aromatic carbocycles. The summed E-state index contributed by atoms with van der Waals surface area (Å²) in [6.45, 7) is 2.15. The van der Waals surface area contributed by atoms with Crippen LogP contribution in [0.3, 0.4) is 0 Å². The molecule has 0 bridgehead atoms. The van der Waals surface area contributed by atoms with Crippen molar-refractivity contribution in [3.63, 3.8) is 0 Å². The van der Waals surface area contributed by atoms with Gasteiger partial charge < -0.3 is 15.4 Å². The van der Waals surface area contributed by atoms with E-state index in [0.717, 1.165) is 16.9 Å². The van der Waals surface area contributed by atoms with Crippen LogP contribution in [0.4, 0.5) is 11.4 Å². The number of rotatable bonds is 5. The fourth-order valence-corrected chi connectivity index (χ4v) is 2.07. The third kappa shape index (κ3) is 4.39. The van der Waals surface area contributed by atoms with E-state index in [0.29, 0.717) is 10.8 Å². The molecule has 4 nitrogen and oxygen atoms in total. The molecule has 5 heteroatoms. The van der Waals surface area contributed by atoms with E-state index >= 15 is 0 Å². The van der Waals surface area contributed by atoms with Gasteiger partial charge in [0.1, 0.15) is 5.75 Å². The molecule has 0 saturated carbocycles. The van der Waals surface area contributed by atoms with E-state index < -0.39 is 0 Å². The van der Waals surface area contributed by atoms with Gasteiger partial charge >= 0.3 is 0 Å². The molecule has 2 N–H and O–H groups in total. The molecule has 0 aliphatic heterocycles. The minimum Gasteiger partial charge on any atom is -0.495 e. The number of ether oxygens (including phenoxy) is 1. The summed E-state index contributed by atoms with van der Waals surface area (Å²) in [5.74, 6) is 0.454. The summed E-state index contributed by atoms with van der Waals surface area (Å²) in [6.07, 6.45) is 0. The summed E-state index contributed by atoms with van der Waals surface area (Å²) in [5.41, 5.74) is 2.66. The SMILES string of the molecule is COc1cc(NCC(=O)Nc2cccc(C)c2)ccc1Cl. The van der Waals surface area contributed by atoms with Crippen molar-refractivity contribution in [2.45, 2.75) is 6.92 Å². The van der Waals surface area contributed by atoms with E-state index in [9.17, 15) is 4.79 Å². The number of carbonyl (C=O) groups excluding carboxylic acids is 1. The van der Waals surface area contributed by atoms with Crippen LogP contribution in [-0.4, -0.2) is 19.6 Å². The van der Waals surface area contributed by atoms with Gasteiger partial charge in [-0.3, -0.25) is 4.79 Å². The number of carbonyl (C=O) groups is 1. The Kier molecular flexibility index (Phi) is 5.06. The summed E-state index contributed by atoms with van der Waals surface area (Å²) < 4.78 is 5.13. The fourth-order valence-electron chi connectivity index (χ4n) is 1.88. The average molecular weight is 305 g/mol. The predicted octanol–water partition coefficient (Wildman–Crippen LogP) is 3.71. The largest absolute Gasteiger partial charge is 0.495 e. The average Bonchev–Trinajstić information content (AvgIpc) is 2.46. The van der Waals surface area contributed by atoms with Crippen LogP contribution in [0.2, 0.25) is 5.02 Å². The Hall–Kier alpha value is -2.20. The molecule has 2 rings (SSSR count). The summed E-state index contributed by atoms with van der Waals surface area (Å²) in [6, 6.07) is 12.9. The first kappa shape index (κ1) is 15.2. The molecule has 0 spiro atoms. The van der Waals surface area contributed by atoms with Gasteiger partial charge in [-0.1, -0.05) is 23.7 Å². The normalized spacial score (nSPS) is 10.0. The van der Waals surface area contributed by atoms with Crippen molar-refractivity contribution in [1.82, 2.24) is 0 Å². The highest BCUT2D eigenvalue weighted by molar-refractivity contribution is 6.32. The number of anilines is 2. The third-order valence-electron chi connectivity index (χ3n) is 2.91. The van der Waals surface area contributed by atoms with Crippen LogP contribution < -0.4 is 15.4 Å². The van der Waals surface area contributed by atoms with Crippen molar-refractivity contribution >= 4 is 28.9 Å². The minimum absolute atomic E-state index is 0.116. The summed E-state index contributed by atoms with van der Waals surface area (Å²) in [7, 11) is 1.55. The second-order valence-corrected chi connectivity index (χ2v) is 5.03. The van der Waals surface area contributed by atoms with Crippen LogP contribution in [-0.2, 0) is 4.79 Å². The molecule has 0 unspecified atom stereocenters. The lowest BCUT2D eigenvalue weighted by Crippen LogP contribution is -2.21.